The van der Waals surface area contributed by atoms with Crippen molar-refractivity contribution in [3.8, 4) is 11.1 Å². The maximum Gasteiger partial charge on any atom is 0.260 e. The van der Waals surface area contributed by atoms with Gasteiger partial charge in [0.05, 0.1) is 28.1 Å². The summed E-state index contributed by atoms with van der Waals surface area (Å²) in [5.41, 5.74) is 4.48. The Morgan fingerprint density at radius 2 is 1.82 bits per heavy atom. The summed E-state index contributed by atoms with van der Waals surface area (Å²) in [6, 6.07) is 13.2. The number of benzene rings is 2. The summed E-state index contributed by atoms with van der Waals surface area (Å²) in [7, 11) is 0. The van der Waals surface area contributed by atoms with Gasteiger partial charge in [0.2, 0.25) is 5.76 Å². The lowest BCUT2D eigenvalue weighted by Crippen LogP contribution is -2.26. The molecule has 1 aliphatic carbocycles. The summed E-state index contributed by atoms with van der Waals surface area (Å²) in [5.74, 6) is -0.163. The number of aliphatic hydroxyl groups is 2. The van der Waals surface area contributed by atoms with Crippen molar-refractivity contribution in [2.45, 2.75) is 51.0 Å². The molecular weight excluding hydrogens is 440 g/mol. The average Bonchev–Trinajstić information content (AvgIpc) is 3.35. The van der Waals surface area contributed by atoms with E-state index in [-0.39, 0.29) is 28.6 Å². The van der Waals surface area contributed by atoms with Gasteiger partial charge in [0.15, 0.2) is 5.76 Å². The third-order valence-electron chi connectivity index (χ3n) is 6.41. The lowest BCUT2D eigenvalue weighted by Gasteiger charge is -2.31. The fraction of sp³-hybridized carbons (Fsp3) is 0.308. The van der Waals surface area contributed by atoms with Crippen LogP contribution in [0, 0.1) is 0 Å². The second-order valence-corrected chi connectivity index (χ2v) is 10.2. The maximum absolute atomic E-state index is 12.7. The molecule has 0 radical (unpaired) electrons. The zero-order valence-electron chi connectivity index (χ0n) is 18.6. The van der Waals surface area contributed by atoms with Gasteiger partial charge in [-0.3, -0.25) is 4.79 Å². The van der Waals surface area contributed by atoms with Gasteiger partial charge in [0.1, 0.15) is 0 Å². The van der Waals surface area contributed by atoms with E-state index in [1.165, 1.54) is 5.56 Å². The lowest BCUT2D eigenvalue weighted by molar-refractivity contribution is -0.110. The highest BCUT2D eigenvalue weighted by Gasteiger charge is 2.32. The molecule has 1 aliphatic heterocycles. The van der Waals surface area contributed by atoms with Gasteiger partial charge in [-0.15, -0.1) is 0 Å². The van der Waals surface area contributed by atoms with Crippen molar-refractivity contribution in [3.63, 3.8) is 0 Å². The van der Waals surface area contributed by atoms with Crippen LogP contribution in [-0.2, 0) is 10.2 Å². The Labute approximate surface area is 196 Å². The molecule has 3 N–H and O–H groups in total. The molecule has 2 aliphatic rings. The van der Waals surface area contributed by atoms with Crippen molar-refractivity contribution in [1.29, 1.82) is 0 Å². The molecule has 0 spiro atoms. The van der Waals surface area contributed by atoms with Crippen molar-refractivity contribution in [1.82, 2.24) is 5.16 Å². The topological polar surface area (TPSA) is 95.6 Å². The zero-order chi connectivity index (χ0) is 23.5. The quantitative estimate of drug-likeness (QED) is 0.331. The molecule has 0 saturated heterocycles. The van der Waals surface area contributed by atoms with E-state index >= 15 is 0 Å². The Kier molecular flexibility index (Phi) is 5.10. The van der Waals surface area contributed by atoms with Gasteiger partial charge in [-0.05, 0) is 42.0 Å². The molecule has 33 heavy (non-hydrogen) atoms. The number of rotatable bonds is 3. The molecular formula is C26H25ClN2O4. The number of nitrogens with zero attached hydrogens (tertiary/aromatic N) is 1. The first-order chi connectivity index (χ1) is 15.6. The number of nitrogens with one attached hydrogen (secondary N) is 1. The second-order valence-electron chi connectivity index (χ2n) is 9.83. The highest BCUT2D eigenvalue weighted by atomic mass is 35.5. The van der Waals surface area contributed by atoms with Crippen LogP contribution in [0.3, 0.4) is 0 Å². The first-order valence-corrected chi connectivity index (χ1v) is 11.3. The Morgan fingerprint density at radius 1 is 1.12 bits per heavy atom. The predicted octanol–water partition coefficient (Wildman–Crippen LogP) is 5.91. The van der Waals surface area contributed by atoms with E-state index in [0.29, 0.717) is 27.9 Å². The van der Waals surface area contributed by atoms with E-state index in [1.807, 2.05) is 39.0 Å². The van der Waals surface area contributed by atoms with Gasteiger partial charge in [-0.1, -0.05) is 61.8 Å². The molecule has 1 amide bonds. The summed E-state index contributed by atoms with van der Waals surface area (Å²) < 4.78 is 5.34. The molecule has 0 unspecified atom stereocenters. The first kappa shape index (κ1) is 21.7. The van der Waals surface area contributed by atoms with E-state index < -0.39 is 5.91 Å². The minimum Gasteiger partial charge on any atom is -0.504 e. The molecule has 1 fully saturated rings. The van der Waals surface area contributed by atoms with Crippen molar-refractivity contribution < 1.29 is 19.5 Å². The highest BCUT2D eigenvalue weighted by molar-refractivity contribution is 6.38. The summed E-state index contributed by atoms with van der Waals surface area (Å²) in [6.07, 6.45) is 1.38. The Morgan fingerprint density at radius 3 is 2.42 bits per heavy atom. The molecule has 3 aromatic rings. The molecule has 0 atom stereocenters. The molecule has 170 valence electrons. The number of anilines is 1. The molecule has 6 nitrogen and oxygen atoms in total. The summed E-state index contributed by atoms with van der Waals surface area (Å²) >= 11 is 6.56. The lowest BCUT2D eigenvalue weighted by atomic mass is 9.77. The summed E-state index contributed by atoms with van der Waals surface area (Å²) in [4.78, 5) is 12.7. The largest absolute Gasteiger partial charge is 0.504 e. The summed E-state index contributed by atoms with van der Waals surface area (Å²) in [6.45, 7) is 5.97. The van der Waals surface area contributed by atoms with Gasteiger partial charge < -0.3 is 20.1 Å². The van der Waals surface area contributed by atoms with Gasteiger partial charge in [0.25, 0.3) is 5.91 Å². The van der Waals surface area contributed by atoms with Crippen LogP contribution in [0.1, 0.15) is 62.1 Å². The molecule has 5 rings (SSSR count). The van der Waals surface area contributed by atoms with Crippen LogP contribution in [0.4, 0.5) is 5.69 Å². The van der Waals surface area contributed by atoms with E-state index in [1.54, 1.807) is 12.1 Å². The van der Waals surface area contributed by atoms with Crippen LogP contribution in [0.5, 0.6) is 0 Å². The number of fused-ring (bicyclic) bond motifs is 1. The monoisotopic (exact) mass is 464 g/mol. The number of aliphatic hydroxyl groups excluding tert-OH is 2. The number of aromatic nitrogens is 1. The van der Waals surface area contributed by atoms with Crippen molar-refractivity contribution in [3.05, 3.63) is 70.1 Å². The fourth-order valence-electron chi connectivity index (χ4n) is 4.31. The van der Waals surface area contributed by atoms with Crippen LogP contribution in [0.25, 0.3) is 22.5 Å². The average molecular weight is 465 g/mol. The number of halogens is 1. The van der Waals surface area contributed by atoms with Gasteiger partial charge in [-0.25, -0.2) is 0 Å². The highest BCUT2D eigenvalue weighted by Crippen LogP contribution is 2.43. The van der Waals surface area contributed by atoms with Gasteiger partial charge in [0, 0.05) is 22.6 Å². The number of hydrogen-bond acceptors (Lipinski definition) is 5. The summed E-state index contributed by atoms with van der Waals surface area (Å²) in [5, 5.41) is 27.8. The number of hydrogen-bond donors (Lipinski definition) is 3. The maximum atomic E-state index is 12.7. The van der Waals surface area contributed by atoms with Gasteiger partial charge >= 0.3 is 0 Å². The van der Waals surface area contributed by atoms with Crippen LogP contribution in [-0.4, -0.2) is 27.4 Å². The van der Waals surface area contributed by atoms with Crippen molar-refractivity contribution >= 4 is 34.5 Å². The SMILES string of the molecule is CC(C)(C)c1cc(/C(O)=C2/C(=O)Nc3cc(Cl)c(-c4ccc(C5CC(O)C5)cc4)cc32)on1. The third-order valence-corrected chi connectivity index (χ3v) is 6.72. The zero-order valence-corrected chi connectivity index (χ0v) is 19.4. The molecule has 2 aromatic carbocycles. The molecule has 0 bridgehead atoms. The first-order valence-electron chi connectivity index (χ1n) is 11.0. The molecule has 1 aromatic heterocycles. The van der Waals surface area contributed by atoms with E-state index in [9.17, 15) is 15.0 Å². The Balaban J connectivity index is 1.53. The van der Waals surface area contributed by atoms with Crippen LogP contribution in [0.15, 0.2) is 47.0 Å². The second kappa shape index (κ2) is 7.75. The standard InChI is InChI=1S/C26H25ClN2O4/c1-26(2,3)22-12-21(33-29-22)24(31)23-18-10-17(19(27)11-20(18)28-25(23)32)14-6-4-13(5-7-14)15-8-16(30)9-15/h4-7,10-12,15-16,30-31H,8-9H2,1-3H3,(H,28,32)/b24-23-. The predicted molar refractivity (Wildman–Crippen MR) is 128 cm³/mol. The fourth-order valence-corrected chi connectivity index (χ4v) is 4.58. The third kappa shape index (κ3) is 3.83. The number of carbonyl (C=O) groups is 1. The molecule has 7 heteroatoms. The molecule has 1 saturated carbocycles. The smallest absolute Gasteiger partial charge is 0.260 e. The number of amides is 1. The normalized spacial score (nSPS) is 21.4. The van der Waals surface area contributed by atoms with Crippen molar-refractivity contribution in [2.24, 2.45) is 0 Å². The minimum atomic E-state index is -0.427. The number of carbonyl (C=O) groups excluding carboxylic acids is 1. The minimum absolute atomic E-state index is 0.125. The van der Waals surface area contributed by atoms with Gasteiger partial charge in [-0.2, -0.15) is 0 Å². The van der Waals surface area contributed by atoms with Crippen LogP contribution in [0.2, 0.25) is 5.02 Å². The van der Waals surface area contributed by atoms with Crippen LogP contribution >= 0.6 is 11.6 Å². The van der Waals surface area contributed by atoms with E-state index in [4.69, 9.17) is 16.1 Å². The molecule has 2 heterocycles. The Bertz CT molecular complexity index is 1280. The van der Waals surface area contributed by atoms with E-state index in [2.05, 4.69) is 22.6 Å². The van der Waals surface area contributed by atoms with E-state index in [0.717, 1.165) is 24.0 Å². The van der Waals surface area contributed by atoms with Crippen LogP contribution < -0.4 is 5.32 Å². The Hall–Kier alpha value is -3.09. The van der Waals surface area contributed by atoms with Crippen molar-refractivity contribution in [2.75, 3.05) is 5.32 Å².